The van der Waals surface area contributed by atoms with Crippen LogP contribution in [0.2, 0.25) is 0 Å². The molecule has 0 radical (unpaired) electrons. The van der Waals surface area contributed by atoms with Crippen LogP contribution in [0.25, 0.3) is 10.7 Å². The summed E-state index contributed by atoms with van der Waals surface area (Å²) in [5.74, 6) is -0.217. The molecule has 1 saturated heterocycles. The van der Waals surface area contributed by atoms with Gasteiger partial charge in [0.05, 0.1) is 9.77 Å². The Hall–Kier alpha value is -1.78. The summed E-state index contributed by atoms with van der Waals surface area (Å²) in [6.45, 7) is 5.75. The molecule has 0 spiro atoms. The Morgan fingerprint density at radius 1 is 1.48 bits per heavy atom. The van der Waals surface area contributed by atoms with Crippen molar-refractivity contribution in [2.45, 2.75) is 50.5 Å². The molecule has 10 heteroatoms. The zero-order valence-corrected chi connectivity index (χ0v) is 15.7. The second kappa shape index (κ2) is 6.50. The molecule has 8 nitrogen and oxygen atoms in total. The average molecular weight is 385 g/mol. The number of carbonyl (C=O) groups is 1. The Morgan fingerprint density at radius 3 is 2.80 bits per heavy atom. The van der Waals surface area contributed by atoms with Gasteiger partial charge < -0.3 is 9.63 Å². The summed E-state index contributed by atoms with van der Waals surface area (Å²) < 4.78 is 32.1. The van der Waals surface area contributed by atoms with Gasteiger partial charge in [0.1, 0.15) is 6.04 Å². The Bertz CT molecular complexity index is 900. The van der Waals surface area contributed by atoms with E-state index >= 15 is 0 Å². The third-order valence-corrected chi connectivity index (χ3v) is 7.31. The molecule has 3 rings (SSSR count). The Balaban J connectivity index is 1.97. The molecule has 1 fully saturated rings. The van der Waals surface area contributed by atoms with Crippen LogP contribution in [0.4, 0.5) is 0 Å². The summed E-state index contributed by atoms with van der Waals surface area (Å²) in [6.07, 6.45) is 0.863. The minimum Gasteiger partial charge on any atom is -0.480 e. The summed E-state index contributed by atoms with van der Waals surface area (Å²) in [7, 11) is -3.88. The Kier molecular flexibility index (Phi) is 4.69. The molecule has 0 aliphatic carbocycles. The predicted molar refractivity (Wildman–Crippen MR) is 91.0 cm³/mol. The highest BCUT2D eigenvalue weighted by molar-refractivity contribution is 7.89. The maximum absolute atomic E-state index is 12.9. The number of nitrogens with zero attached hydrogens (tertiary/aromatic N) is 3. The summed E-state index contributed by atoms with van der Waals surface area (Å²) in [5, 5.41) is 13.2. The molecule has 2 aromatic rings. The molecule has 3 heterocycles. The number of carboxylic acids is 1. The van der Waals surface area contributed by atoms with Gasteiger partial charge >= 0.3 is 5.97 Å². The lowest BCUT2D eigenvalue weighted by Gasteiger charge is -2.20. The molecular weight excluding hydrogens is 366 g/mol. The molecule has 0 bridgehead atoms. The standard InChI is InChI=1S/C15H19N3O5S2/c1-8(2)14-16-13(17-23-14)11-7-12(9(3)24-11)25(21,22)18-6-4-5-10(18)15(19)20/h7-8,10H,4-6H2,1-3H3,(H,19,20)/t10-/m1/s1. The zero-order valence-electron chi connectivity index (χ0n) is 14.1. The predicted octanol–water partition coefficient (Wildman–Crippen LogP) is 2.47. The molecule has 0 amide bonds. The van der Waals surface area contributed by atoms with Gasteiger partial charge in [-0.1, -0.05) is 19.0 Å². The lowest BCUT2D eigenvalue weighted by Crippen LogP contribution is -2.40. The van der Waals surface area contributed by atoms with Gasteiger partial charge in [0.2, 0.25) is 21.7 Å². The van der Waals surface area contributed by atoms with Crippen molar-refractivity contribution in [3.8, 4) is 10.7 Å². The van der Waals surface area contributed by atoms with Gasteiger partial charge in [0.25, 0.3) is 0 Å². The molecule has 1 aliphatic heterocycles. The van der Waals surface area contributed by atoms with Gasteiger partial charge in [-0.2, -0.15) is 9.29 Å². The molecule has 1 N–H and O–H groups in total. The van der Waals surface area contributed by atoms with Gasteiger partial charge in [-0.3, -0.25) is 4.79 Å². The number of sulfonamides is 1. The van der Waals surface area contributed by atoms with Crippen LogP contribution >= 0.6 is 11.3 Å². The van der Waals surface area contributed by atoms with Crippen LogP contribution < -0.4 is 0 Å². The second-order valence-corrected chi connectivity index (χ2v) is 9.37. The minimum atomic E-state index is -3.88. The van der Waals surface area contributed by atoms with Crippen molar-refractivity contribution in [1.29, 1.82) is 0 Å². The smallest absolute Gasteiger partial charge is 0.322 e. The maximum Gasteiger partial charge on any atom is 0.322 e. The van der Waals surface area contributed by atoms with Crippen LogP contribution in [0.5, 0.6) is 0 Å². The SMILES string of the molecule is Cc1sc(-c2noc(C(C)C)n2)cc1S(=O)(=O)N1CCC[C@@H]1C(=O)O. The first-order chi connectivity index (χ1) is 11.7. The van der Waals surface area contributed by atoms with Crippen LogP contribution in [0, 0.1) is 6.92 Å². The molecule has 136 valence electrons. The molecule has 1 atom stereocenters. The van der Waals surface area contributed by atoms with Crippen LogP contribution in [-0.2, 0) is 14.8 Å². The van der Waals surface area contributed by atoms with Crippen LogP contribution in [-0.4, -0.2) is 46.5 Å². The lowest BCUT2D eigenvalue weighted by atomic mass is 10.2. The number of thiophene rings is 1. The first-order valence-electron chi connectivity index (χ1n) is 7.91. The number of rotatable bonds is 5. The average Bonchev–Trinajstić information content (AvgIpc) is 3.25. The van der Waals surface area contributed by atoms with Crippen molar-refractivity contribution in [2.24, 2.45) is 0 Å². The summed E-state index contributed by atoms with van der Waals surface area (Å²) in [4.78, 5) is 16.9. The van der Waals surface area contributed by atoms with E-state index in [1.54, 1.807) is 6.92 Å². The second-order valence-electron chi connectivity index (χ2n) is 6.25. The van der Waals surface area contributed by atoms with E-state index in [9.17, 15) is 18.3 Å². The van der Waals surface area contributed by atoms with E-state index in [2.05, 4.69) is 10.1 Å². The van der Waals surface area contributed by atoms with Gasteiger partial charge in [0, 0.05) is 17.3 Å². The van der Waals surface area contributed by atoms with E-state index in [-0.39, 0.29) is 17.4 Å². The van der Waals surface area contributed by atoms with Gasteiger partial charge in [0.15, 0.2) is 0 Å². The van der Waals surface area contributed by atoms with Crippen LogP contribution in [0.3, 0.4) is 0 Å². The number of hydrogen-bond acceptors (Lipinski definition) is 7. The van der Waals surface area contributed by atoms with E-state index in [4.69, 9.17) is 4.52 Å². The highest BCUT2D eigenvalue weighted by Gasteiger charge is 2.40. The maximum atomic E-state index is 12.9. The zero-order chi connectivity index (χ0) is 18.4. The third-order valence-electron chi connectivity index (χ3n) is 4.10. The van der Waals surface area contributed by atoms with Crippen molar-refractivity contribution in [3.63, 3.8) is 0 Å². The molecule has 1 aliphatic rings. The quantitative estimate of drug-likeness (QED) is 0.841. The van der Waals surface area contributed by atoms with E-state index in [1.807, 2.05) is 13.8 Å². The van der Waals surface area contributed by atoms with E-state index in [0.29, 0.717) is 34.3 Å². The van der Waals surface area contributed by atoms with Crippen molar-refractivity contribution >= 4 is 27.3 Å². The van der Waals surface area contributed by atoms with E-state index < -0.39 is 22.0 Å². The largest absolute Gasteiger partial charge is 0.480 e. The van der Waals surface area contributed by atoms with Crippen molar-refractivity contribution in [1.82, 2.24) is 14.4 Å². The molecular formula is C15H19N3O5S2. The number of aromatic nitrogens is 2. The minimum absolute atomic E-state index is 0.0754. The van der Waals surface area contributed by atoms with Crippen molar-refractivity contribution in [2.75, 3.05) is 6.54 Å². The highest BCUT2D eigenvalue weighted by atomic mass is 32.2. The monoisotopic (exact) mass is 385 g/mol. The fourth-order valence-corrected chi connectivity index (χ4v) is 5.94. The Labute approximate surface area is 149 Å². The summed E-state index contributed by atoms with van der Waals surface area (Å²) >= 11 is 1.25. The van der Waals surface area contributed by atoms with Crippen molar-refractivity contribution < 1.29 is 22.8 Å². The van der Waals surface area contributed by atoms with Gasteiger partial charge in [-0.25, -0.2) is 8.42 Å². The summed E-state index contributed by atoms with van der Waals surface area (Å²) in [5.41, 5.74) is 0. The first kappa shape index (κ1) is 18.0. The highest BCUT2D eigenvalue weighted by Crippen LogP contribution is 2.36. The molecule has 0 unspecified atom stereocenters. The van der Waals surface area contributed by atoms with Crippen LogP contribution in [0.1, 0.15) is 43.4 Å². The van der Waals surface area contributed by atoms with E-state index in [1.165, 1.54) is 17.4 Å². The molecule has 2 aromatic heterocycles. The van der Waals surface area contributed by atoms with E-state index in [0.717, 1.165) is 4.31 Å². The van der Waals surface area contributed by atoms with Gasteiger partial charge in [-0.15, -0.1) is 11.3 Å². The number of aliphatic carboxylic acids is 1. The van der Waals surface area contributed by atoms with Crippen molar-refractivity contribution in [3.05, 3.63) is 16.8 Å². The molecule has 0 saturated carbocycles. The Morgan fingerprint density at radius 2 is 2.20 bits per heavy atom. The lowest BCUT2D eigenvalue weighted by molar-refractivity contribution is -0.140. The topological polar surface area (TPSA) is 114 Å². The normalized spacial score (nSPS) is 19.0. The summed E-state index contributed by atoms with van der Waals surface area (Å²) in [6, 6.07) is 0.493. The molecule has 25 heavy (non-hydrogen) atoms. The first-order valence-corrected chi connectivity index (χ1v) is 10.2. The molecule has 0 aromatic carbocycles. The fraction of sp³-hybridized carbons (Fsp3) is 0.533. The number of hydrogen-bond donors (Lipinski definition) is 1. The number of carboxylic acid groups (broad SMARTS) is 1. The fourth-order valence-electron chi connectivity index (χ4n) is 2.80. The van der Waals surface area contributed by atoms with Gasteiger partial charge in [-0.05, 0) is 25.8 Å². The van der Waals surface area contributed by atoms with Crippen LogP contribution in [0.15, 0.2) is 15.5 Å². The third kappa shape index (κ3) is 3.21. The number of aryl methyl sites for hydroxylation is 1.